The lowest BCUT2D eigenvalue weighted by atomic mass is 10.1. The Morgan fingerprint density at radius 3 is 3.00 bits per heavy atom. The first kappa shape index (κ1) is 13.3. The third kappa shape index (κ3) is 3.20. The van der Waals surface area contributed by atoms with E-state index in [1.807, 2.05) is 24.3 Å². The van der Waals surface area contributed by atoms with E-state index < -0.39 is 0 Å². The number of benzene rings is 1. The summed E-state index contributed by atoms with van der Waals surface area (Å²) in [6.07, 6.45) is 2.34. The van der Waals surface area contributed by atoms with Gasteiger partial charge in [0.25, 0.3) is 5.91 Å². The highest BCUT2D eigenvalue weighted by Crippen LogP contribution is 2.19. The monoisotopic (exact) mass is 259 g/mol. The molecule has 0 aliphatic heterocycles. The summed E-state index contributed by atoms with van der Waals surface area (Å²) < 4.78 is 5.13. The fourth-order valence-corrected chi connectivity index (χ4v) is 1.76. The van der Waals surface area contributed by atoms with E-state index in [0.29, 0.717) is 18.7 Å². The fraction of sp³-hybridized carbons (Fsp3) is 0.286. The van der Waals surface area contributed by atoms with Crippen molar-refractivity contribution in [3.63, 3.8) is 0 Å². The predicted molar refractivity (Wildman–Crippen MR) is 74.3 cm³/mol. The fourth-order valence-electron chi connectivity index (χ4n) is 1.76. The number of aromatic nitrogens is 1. The lowest BCUT2D eigenvalue weighted by molar-refractivity contribution is 0.0953. The predicted octanol–water partition coefficient (Wildman–Crippen LogP) is 1.32. The first-order chi connectivity index (χ1) is 9.24. The molecule has 0 fully saturated rings. The van der Waals surface area contributed by atoms with Gasteiger partial charge in [-0.25, -0.2) is 0 Å². The van der Waals surface area contributed by atoms with Crippen molar-refractivity contribution in [1.29, 1.82) is 0 Å². The average molecular weight is 259 g/mol. The highest BCUT2D eigenvalue weighted by Gasteiger charge is 2.07. The number of ether oxygens (including phenoxy) is 1. The summed E-state index contributed by atoms with van der Waals surface area (Å²) in [4.78, 5) is 16.1. The van der Waals surface area contributed by atoms with Gasteiger partial charge in [0.1, 0.15) is 5.75 Å². The molecular weight excluding hydrogens is 242 g/mol. The quantitative estimate of drug-likeness (QED) is 0.794. The number of pyridine rings is 1. The summed E-state index contributed by atoms with van der Waals surface area (Å²) in [5.74, 6) is 0.624. The van der Waals surface area contributed by atoms with Gasteiger partial charge in [-0.1, -0.05) is 0 Å². The Balaban J connectivity index is 2.19. The zero-order valence-corrected chi connectivity index (χ0v) is 10.8. The number of nitrogens with two attached hydrogens (primary N) is 1. The van der Waals surface area contributed by atoms with Crippen molar-refractivity contribution in [3.05, 3.63) is 36.0 Å². The summed E-state index contributed by atoms with van der Waals surface area (Å²) in [5, 5.41) is 3.71. The minimum absolute atomic E-state index is 0.126. The van der Waals surface area contributed by atoms with Crippen molar-refractivity contribution in [2.24, 2.45) is 5.73 Å². The molecule has 1 amide bonds. The molecule has 5 nitrogen and oxygen atoms in total. The van der Waals surface area contributed by atoms with Crippen molar-refractivity contribution in [2.45, 2.75) is 6.42 Å². The molecule has 0 aliphatic carbocycles. The minimum atomic E-state index is -0.126. The van der Waals surface area contributed by atoms with Gasteiger partial charge in [0.2, 0.25) is 0 Å². The van der Waals surface area contributed by atoms with Crippen LogP contribution in [0.4, 0.5) is 0 Å². The largest absolute Gasteiger partial charge is 0.497 e. The molecule has 0 aliphatic rings. The van der Waals surface area contributed by atoms with Gasteiger partial charge in [-0.15, -0.1) is 0 Å². The molecule has 1 aromatic carbocycles. The molecule has 0 saturated heterocycles. The number of carbonyl (C=O) groups excluding carboxylic acids is 1. The Morgan fingerprint density at radius 2 is 2.26 bits per heavy atom. The molecule has 5 heteroatoms. The van der Waals surface area contributed by atoms with Crippen LogP contribution in [0.5, 0.6) is 5.75 Å². The molecule has 1 heterocycles. The van der Waals surface area contributed by atoms with Gasteiger partial charge in [-0.2, -0.15) is 0 Å². The zero-order chi connectivity index (χ0) is 13.7. The van der Waals surface area contributed by atoms with Crippen LogP contribution >= 0.6 is 0 Å². The first-order valence-electron chi connectivity index (χ1n) is 6.16. The van der Waals surface area contributed by atoms with E-state index in [-0.39, 0.29) is 5.91 Å². The SMILES string of the molecule is COc1ccc2cc(C(=O)NCCCN)cnc2c1. The molecule has 3 N–H and O–H groups in total. The smallest absolute Gasteiger partial charge is 0.252 e. The Morgan fingerprint density at radius 1 is 1.42 bits per heavy atom. The molecule has 0 radical (unpaired) electrons. The van der Waals surface area contributed by atoms with E-state index in [9.17, 15) is 4.79 Å². The molecule has 0 spiro atoms. The normalized spacial score (nSPS) is 10.4. The van der Waals surface area contributed by atoms with E-state index >= 15 is 0 Å². The molecule has 2 rings (SSSR count). The number of rotatable bonds is 5. The van der Waals surface area contributed by atoms with Crippen LogP contribution < -0.4 is 15.8 Å². The maximum atomic E-state index is 11.9. The maximum Gasteiger partial charge on any atom is 0.252 e. The summed E-state index contributed by atoms with van der Waals surface area (Å²) in [6, 6.07) is 7.39. The van der Waals surface area contributed by atoms with Crippen LogP contribution in [0, 0.1) is 0 Å². The van der Waals surface area contributed by atoms with Gasteiger partial charge in [-0.05, 0) is 31.2 Å². The summed E-state index contributed by atoms with van der Waals surface area (Å²) in [7, 11) is 1.61. The second-order valence-electron chi connectivity index (χ2n) is 4.18. The third-order valence-corrected chi connectivity index (χ3v) is 2.82. The number of methoxy groups -OCH3 is 1. The lowest BCUT2D eigenvalue weighted by Gasteiger charge is -2.06. The van der Waals surface area contributed by atoms with Crippen LogP contribution in [0.3, 0.4) is 0 Å². The Hall–Kier alpha value is -2.14. The Labute approximate surface area is 111 Å². The minimum Gasteiger partial charge on any atom is -0.497 e. The summed E-state index contributed by atoms with van der Waals surface area (Å²) >= 11 is 0. The van der Waals surface area contributed by atoms with Crippen LogP contribution in [0.1, 0.15) is 16.8 Å². The van der Waals surface area contributed by atoms with Crippen molar-refractivity contribution in [3.8, 4) is 5.75 Å². The molecule has 1 aromatic heterocycles. The van der Waals surface area contributed by atoms with Crippen LogP contribution in [0.2, 0.25) is 0 Å². The van der Waals surface area contributed by atoms with Gasteiger partial charge >= 0.3 is 0 Å². The number of hydrogen-bond donors (Lipinski definition) is 2. The number of fused-ring (bicyclic) bond motifs is 1. The van der Waals surface area contributed by atoms with Gasteiger partial charge in [0.05, 0.1) is 18.2 Å². The lowest BCUT2D eigenvalue weighted by Crippen LogP contribution is -2.26. The van der Waals surface area contributed by atoms with E-state index in [1.165, 1.54) is 0 Å². The molecule has 0 bridgehead atoms. The van der Waals surface area contributed by atoms with Gasteiger partial charge in [0.15, 0.2) is 0 Å². The molecule has 0 saturated carbocycles. The van der Waals surface area contributed by atoms with Crippen molar-refractivity contribution >= 4 is 16.8 Å². The second kappa shape index (κ2) is 6.15. The standard InChI is InChI=1S/C14H17N3O2/c1-19-12-4-3-10-7-11(9-17-13(10)8-12)14(18)16-6-2-5-15/h3-4,7-9H,2,5-6,15H2,1H3,(H,16,18). The number of carbonyl (C=O) groups is 1. The molecule has 2 aromatic rings. The van der Waals surface area contributed by atoms with Crippen molar-refractivity contribution < 1.29 is 9.53 Å². The summed E-state index contributed by atoms with van der Waals surface area (Å²) in [5.41, 5.74) is 6.73. The number of amides is 1. The first-order valence-corrected chi connectivity index (χ1v) is 6.16. The highest BCUT2D eigenvalue weighted by molar-refractivity contribution is 5.97. The van der Waals surface area contributed by atoms with Crippen LogP contribution in [0.15, 0.2) is 30.5 Å². The van der Waals surface area contributed by atoms with Crippen molar-refractivity contribution in [2.75, 3.05) is 20.2 Å². The van der Waals surface area contributed by atoms with Crippen LogP contribution in [-0.4, -0.2) is 31.1 Å². The van der Waals surface area contributed by atoms with Crippen LogP contribution in [0.25, 0.3) is 10.9 Å². The van der Waals surface area contributed by atoms with E-state index in [0.717, 1.165) is 23.1 Å². The molecule has 0 unspecified atom stereocenters. The Kier molecular flexibility index (Phi) is 4.30. The van der Waals surface area contributed by atoms with E-state index in [1.54, 1.807) is 13.3 Å². The zero-order valence-electron chi connectivity index (χ0n) is 10.8. The molecule has 100 valence electrons. The maximum absolute atomic E-state index is 11.9. The Bertz CT molecular complexity index is 584. The number of nitrogens with zero attached hydrogens (tertiary/aromatic N) is 1. The van der Waals surface area contributed by atoms with Gasteiger partial charge in [0, 0.05) is 24.2 Å². The topological polar surface area (TPSA) is 77.2 Å². The molecular formula is C14H17N3O2. The van der Waals surface area contributed by atoms with Crippen molar-refractivity contribution in [1.82, 2.24) is 10.3 Å². The molecule has 0 atom stereocenters. The van der Waals surface area contributed by atoms with Gasteiger partial charge in [-0.3, -0.25) is 9.78 Å². The third-order valence-electron chi connectivity index (χ3n) is 2.82. The van der Waals surface area contributed by atoms with Crippen LogP contribution in [-0.2, 0) is 0 Å². The van der Waals surface area contributed by atoms with Gasteiger partial charge < -0.3 is 15.8 Å². The van der Waals surface area contributed by atoms with E-state index in [4.69, 9.17) is 10.5 Å². The van der Waals surface area contributed by atoms with E-state index in [2.05, 4.69) is 10.3 Å². The number of nitrogens with one attached hydrogen (secondary N) is 1. The second-order valence-corrected chi connectivity index (χ2v) is 4.18. The highest BCUT2D eigenvalue weighted by atomic mass is 16.5. The summed E-state index contributed by atoms with van der Waals surface area (Å²) in [6.45, 7) is 1.14. The average Bonchev–Trinajstić information content (AvgIpc) is 2.46. The molecule has 19 heavy (non-hydrogen) atoms. The number of hydrogen-bond acceptors (Lipinski definition) is 4.